The summed E-state index contributed by atoms with van der Waals surface area (Å²) in [6.45, 7) is 1.94. The van der Waals surface area contributed by atoms with Crippen LogP contribution in [0.5, 0.6) is 0 Å². The summed E-state index contributed by atoms with van der Waals surface area (Å²) >= 11 is 1.18. The molecule has 2 amide bonds. The molecule has 7 heteroatoms. The standard InChI is InChI=1S/C14H13N3O3S/c1-9-3-2-4-10(7-9)16-13(20)17-14-15-8-11(21-14)5-6-12(18)19/h2-8H,1H3,(H,18,19)(H2,15,16,17,20). The molecule has 3 N–H and O–H groups in total. The number of carboxylic acids is 1. The number of carboxylic acid groups (broad SMARTS) is 1. The molecule has 0 unspecified atom stereocenters. The van der Waals surface area contributed by atoms with Crippen LogP contribution in [0.1, 0.15) is 10.4 Å². The van der Waals surface area contributed by atoms with Crippen LogP contribution in [-0.4, -0.2) is 22.1 Å². The van der Waals surface area contributed by atoms with Crippen molar-refractivity contribution in [3.05, 3.63) is 47.0 Å². The van der Waals surface area contributed by atoms with E-state index in [1.165, 1.54) is 23.6 Å². The zero-order chi connectivity index (χ0) is 15.2. The van der Waals surface area contributed by atoms with Gasteiger partial charge in [0.15, 0.2) is 5.13 Å². The quantitative estimate of drug-likeness (QED) is 0.756. The van der Waals surface area contributed by atoms with Crippen molar-refractivity contribution in [2.45, 2.75) is 6.92 Å². The molecule has 6 nitrogen and oxygen atoms in total. The Labute approximate surface area is 125 Å². The molecule has 0 aliphatic heterocycles. The largest absolute Gasteiger partial charge is 0.478 e. The number of aromatic nitrogens is 1. The van der Waals surface area contributed by atoms with Gasteiger partial charge in [-0.15, -0.1) is 0 Å². The van der Waals surface area contributed by atoms with Gasteiger partial charge >= 0.3 is 12.0 Å². The van der Waals surface area contributed by atoms with E-state index in [1.54, 1.807) is 6.07 Å². The summed E-state index contributed by atoms with van der Waals surface area (Å²) in [4.78, 5) is 26.8. The van der Waals surface area contributed by atoms with Gasteiger partial charge in [-0.1, -0.05) is 23.5 Å². The van der Waals surface area contributed by atoms with Gasteiger partial charge in [0.2, 0.25) is 0 Å². The summed E-state index contributed by atoms with van der Waals surface area (Å²) in [6, 6.07) is 7.02. The van der Waals surface area contributed by atoms with Crippen LogP contribution in [-0.2, 0) is 4.79 Å². The number of rotatable bonds is 4. The van der Waals surface area contributed by atoms with Gasteiger partial charge < -0.3 is 10.4 Å². The predicted molar refractivity (Wildman–Crippen MR) is 82.6 cm³/mol. The summed E-state index contributed by atoms with van der Waals surface area (Å²) in [5.41, 5.74) is 1.73. The van der Waals surface area contributed by atoms with E-state index in [4.69, 9.17) is 5.11 Å². The third-order valence-electron chi connectivity index (χ3n) is 2.41. The van der Waals surface area contributed by atoms with E-state index in [0.29, 0.717) is 15.7 Å². The molecular weight excluding hydrogens is 290 g/mol. The summed E-state index contributed by atoms with van der Waals surface area (Å²) in [5.74, 6) is -1.03. The number of nitrogens with one attached hydrogen (secondary N) is 2. The van der Waals surface area contributed by atoms with Crippen LogP contribution >= 0.6 is 11.3 Å². The molecule has 0 aliphatic rings. The highest BCUT2D eigenvalue weighted by molar-refractivity contribution is 7.16. The number of benzene rings is 1. The van der Waals surface area contributed by atoms with E-state index in [1.807, 2.05) is 25.1 Å². The van der Waals surface area contributed by atoms with Crippen LogP contribution < -0.4 is 10.6 Å². The predicted octanol–water partition coefficient (Wildman–Crippen LogP) is 3.19. The van der Waals surface area contributed by atoms with Crippen molar-refractivity contribution in [2.75, 3.05) is 10.6 Å². The van der Waals surface area contributed by atoms with Gasteiger partial charge in [-0.2, -0.15) is 0 Å². The van der Waals surface area contributed by atoms with Crippen molar-refractivity contribution in [1.82, 2.24) is 4.98 Å². The van der Waals surface area contributed by atoms with Crippen molar-refractivity contribution in [1.29, 1.82) is 0 Å². The second-order valence-electron chi connectivity index (χ2n) is 4.19. The first-order valence-electron chi connectivity index (χ1n) is 6.04. The van der Waals surface area contributed by atoms with Crippen molar-refractivity contribution in [3.63, 3.8) is 0 Å². The second kappa shape index (κ2) is 6.67. The van der Waals surface area contributed by atoms with Gasteiger partial charge in [0.25, 0.3) is 0 Å². The van der Waals surface area contributed by atoms with Crippen LogP contribution in [0.2, 0.25) is 0 Å². The highest BCUT2D eigenvalue weighted by Gasteiger charge is 2.06. The number of aliphatic carboxylic acids is 1. The Morgan fingerprint density at radius 3 is 2.86 bits per heavy atom. The van der Waals surface area contributed by atoms with Gasteiger partial charge in [-0.25, -0.2) is 14.6 Å². The average Bonchev–Trinajstić information content (AvgIpc) is 2.83. The maximum Gasteiger partial charge on any atom is 0.328 e. The Bertz CT molecular complexity index is 694. The fourth-order valence-corrected chi connectivity index (χ4v) is 2.27. The lowest BCUT2D eigenvalue weighted by atomic mass is 10.2. The topological polar surface area (TPSA) is 91.3 Å². The normalized spacial score (nSPS) is 10.5. The number of hydrogen-bond acceptors (Lipinski definition) is 4. The monoisotopic (exact) mass is 303 g/mol. The summed E-state index contributed by atoms with van der Waals surface area (Å²) in [7, 11) is 0. The molecule has 1 heterocycles. The van der Waals surface area contributed by atoms with E-state index < -0.39 is 12.0 Å². The molecule has 1 aromatic carbocycles. The number of amides is 2. The fourth-order valence-electron chi connectivity index (χ4n) is 1.56. The number of anilines is 2. The molecule has 0 radical (unpaired) electrons. The van der Waals surface area contributed by atoms with Crippen molar-refractivity contribution in [2.24, 2.45) is 0 Å². The van der Waals surface area contributed by atoms with E-state index in [-0.39, 0.29) is 0 Å². The Morgan fingerprint density at radius 1 is 1.33 bits per heavy atom. The minimum atomic E-state index is -1.03. The second-order valence-corrected chi connectivity index (χ2v) is 5.25. The minimum Gasteiger partial charge on any atom is -0.478 e. The number of thiazole rings is 1. The molecule has 21 heavy (non-hydrogen) atoms. The highest BCUT2D eigenvalue weighted by atomic mass is 32.1. The molecule has 0 bridgehead atoms. The van der Waals surface area contributed by atoms with E-state index in [2.05, 4.69) is 15.6 Å². The zero-order valence-corrected chi connectivity index (χ0v) is 12.0. The first-order chi connectivity index (χ1) is 10.0. The zero-order valence-electron chi connectivity index (χ0n) is 11.2. The molecule has 2 rings (SSSR count). The molecule has 108 valence electrons. The Balaban J connectivity index is 1.95. The number of aryl methyl sites for hydroxylation is 1. The molecule has 1 aromatic heterocycles. The van der Waals surface area contributed by atoms with Crippen LogP contribution in [0.3, 0.4) is 0 Å². The SMILES string of the molecule is Cc1cccc(NC(=O)Nc2ncc(C=CC(=O)O)s2)c1. The third-order valence-corrected chi connectivity index (χ3v) is 3.29. The van der Waals surface area contributed by atoms with Crippen LogP contribution in [0.25, 0.3) is 6.08 Å². The fraction of sp³-hybridized carbons (Fsp3) is 0.0714. The molecule has 0 saturated heterocycles. The molecule has 0 fully saturated rings. The van der Waals surface area contributed by atoms with Crippen LogP contribution in [0, 0.1) is 6.92 Å². The van der Waals surface area contributed by atoms with Gasteiger partial charge in [-0.05, 0) is 30.7 Å². The van der Waals surface area contributed by atoms with Gasteiger partial charge in [0.05, 0.1) is 0 Å². The van der Waals surface area contributed by atoms with E-state index in [9.17, 15) is 9.59 Å². The first-order valence-corrected chi connectivity index (χ1v) is 6.86. The molecule has 0 saturated carbocycles. The maximum atomic E-state index is 11.8. The molecule has 2 aromatic rings. The van der Waals surface area contributed by atoms with E-state index >= 15 is 0 Å². The lowest BCUT2D eigenvalue weighted by Crippen LogP contribution is -2.19. The lowest BCUT2D eigenvalue weighted by molar-refractivity contribution is -0.131. The summed E-state index contributed by atoms with van der Waals surface area (Å²) in [5, 5.41) is 14.2. The Hall–Kier alpha value is -2.67. The number of nitrogens with zero attached hydrogens (tertiary/aromatic N) is 1. The lowest BCUT2D eigenvalue weighted by Gasteiger charge is -2.05. The number of hydrogen-bond donors (Lipinski definition) is 3. The first kappa shape index (κ1) is 14.7. The van der Waals surface area contributed by atoms with E-state index in [0.717, 1.165) is 11.6 Å². The third kappa shape index (κ3) is 4.73. The number of carbonyl (C=O) groups excluding carboxylic acids is 1. The van der Waals surface area contributed by atoms with Crippen molar-refractivity contribution < 1.29 is 14.7 Å². The van der Waals surface area contributed by atoms with Gasteiger partial charge in [0, 0.05) is 22.8 Å². The molecule has 0 spiro atoms. The highest BCUT2D eigenvalue weighted by Crippen LogP contribution is 2.19. The summed E-state index contributed by atoms with van der Waals surface area (Å²) < 4.78 is 0. The number of urea groups is 1. The molecule has 0 atom stereocenters. The Kier molecular flexibility index (Phi) is 4.68. The minimum absolute atomic E-state index is 0.394. The van der Waals surface area contributed by atoms with Gasteiger partial charge in [-0.3, -0.25) is 5.32 Å². The molecular formula is C14H13N3O3S. The van der Waals surface area contributed by atoms with Gasteiger partial charge in [0.1, 0.15) is 0 Å². The van der Waals surface area contributed by atoms with Crippen molar-refractivity contribution >= 4 is 40.2 Å². The summed E-state index contributed by atoms with van der Waals surface area (Å²) in [6.07, 6.45) is 3.93. The number of carbonyl (C=O) groups is 2. The smallest absolute Gasteiger partial charge is 0.328 e. The Morgan fingerprint density at radius 2 is 2.14 bits per heavy atom. The van der Waals surface area contributed by atoms with Crippen molar-refractivity contribution in [3.8, 4) is 0 Å². The molecule has 0 aliphatic carbocycles. The average molecular weight is 303 g/mol. The maximum absolute atomic E-state index is 11.8. The van der Waals surface area contributed by atoms with Crippen LogP contribution in [0.15, 0.2) is 36.5 Å². The van der Waals surface area contributed by atoms with Crippen LogP contribution in [0.4, 0.5) is 15.6 Å².